The average Bonchev–Trinajstić information content (AvgIpc) is 2.86. The van der Waals surface area contributed by atoms with Gasteiger partial charge in [0, 0.05) is 21.4 Å². The van der Waals surface area contributed by atoms with Gasteiger partial charge < -0.3 is 0 Å². The number of carbonyl (C=O) groups excluding carboxylic acids is 2. The van der Waals surface area contributed by atoms with E-state index in [0.29, 0.717) is 16.8 Å². The fourth-order valence-corrected chi connectivity index (χ4v) is 6.35. The van der Waals surface area contributed by atoms with Crippen LogP contribution in [0.2, 0.25) is 0 Å². The zero-order valence-electron chi connectivity index (χ0n) is 24.2. The largest absolute Gasteiger partial charge is 0.268 e. The molecule has 0 saturated heterocycles. The second-order valence-corrected chi connectivity index (χ2v) is 13.8. The van der Waals surface area contributed by atoms with Gasteiger partial charge in [-0.2, -0.15) is 0 Å². The molecule has 0 aromatic heterocycles. The van der Waals surface area contributed by atoms with Crippen molar-refractivity contribution in [3.63, 3.8) is 0 Å². The third-order valence-electron chi connectivity index (χ3n) is 7.54. The zero-order chi connectivity index (χ0) is 27.7. The van der Waals surface area contributed by atoms with Crippen LogP contribution in [0.5, 0.6) is 0 Å². The molecule has 1 aliphatic rings. The van der Waals surface area contributed by atoms with E-state index in [1.54, 1.807) is 0 Å². The molecule has 0 radical (unpaired) electrons. The highest BCUT2D eigenvalue weighted by Gasteiger charge is 2.37. The first-order valence-corrected chi connectivity index (χ1v) is 15.2. The molecule has 0 unspecified atom stereocenters. The van der Waals surface area contributed by atoms with Gasteiger partial charge in [0.05, 0.1) is 5.69 Å². The second-order valence-electron chi connectivity index (χ2n) is 12.6. The summed E-state index contributed by atoms with van der Waals surface area (Å²) in [6.45, 7) is 15.1. The SMILES string of the molecule is CCCCCCCCSc1ccc2c3c(cccc13)C(=O)N(c1cc(C(C)(C)C)ccc1C(C)(C)C)C2=O. The van der Waals surface area contributed by atoms with Gasteiger partial charge in [-0.25, -0.2) is 4.90 Å². The molecule has 0 saturated carbocycles. The summed E-state index contributed by atoms with van der Waals surface area (Å²) in [6, 6.07) is 16.2. The second kappa shape index (κ2) is 11.3. The number of benzene rings is 3. The van der Waals surface area contributed by atoms with Crippen LogP contribution >= 0.6 is 11.8 Å². The summed E-state index contributed by atoms with van der Waals surface area (Å²) in [6.07, 6.45) is 7.64. The molecule has 2 amide bonds. The van der Waals surface area contributed by atoms with Crippen LogP contribution in [-0.4, -0.2) is 17.6 Å². The van der Waals surface area contributed by atoms with E-state index in [-0.39, 0.29) is 22.6 Å². The number of anilines is 1. The Hall–Kier alpha value is -2.59. The summed E-state index contributed by atoms with van der Waals surface area (Å²) in [5.74, 6) is 0.582. The van der Waals surface area contributed by atoms with Gasteiger partial charge in [-0.05, 0) is 63.8 Å². The third kappa shape index (κ3) is 5.71. The molecule has 4 rings (SSSR count). The van der Waals surface area contributed by atoms with Gasteiger partial charge in [0.1, 0.15) is 0 Å². The summed E-state index contributed by atoms with van der Waals surface area (Å²) in [5.41, 5.74) is 3.69. The zero-order valence-corrected chi connectivity index (χ0v) is 25.1. The summed E-state index contributed by atoms with van der Waals surface area (Å²) >= 11 is 1.84. The van der Waals surface area contributed by atoms with Crippen LogP contribution in [0.1, 0.15) is 119 Å². The predicted octanol–water partition coefficient (Wildman–Crippen LogP) is 9.69. The minimum Gasteiger partial charge on any atom is -0.268 e. The molecule has 38 heavy (non-hydrogen) atoms. The lowest BCUT2D eigenvalue weighted by Crippen LogP contribution is -2.42. The Morgan fingerprint density at radius 2 is 1.39 bits per heavy atom. The normalized spacial score (nSPS) is 14.0. The van der Waals surface area contributed by atoms with Crippen molar-refractivity contribution in [3.8, 4) is 0 Å². The number of rotatable bonds is 9. The third-order valence-corrected chi connectivity index (χ3v) is 8.70. The molecular formula is C34H43NO2S. The molecular weight excluding hydrogens is 486 g/mol. The van der Waals surface area contributed by atoms with Crippen molar-refractivity contribution in [2.24, 2.45) is 0 Å². The Bertz CT molecular complexity index is 1320. The maximum absolute atomic E-state index is 14.0. The Morgan fingerprint density at radius 1 is 0.737 bits per heavy atom. The summed E-state index contributed by atoms with van der Waals surface area (Å²) in [7, 11) is 0. The van der Waals surface area contributed by atoms with Crippen molar-refractivity contribution in [3.05, 3.63) is 70.8 Å². The van der Waals surface area contributed by atoms with Crippen LogP contribution in [0.3, 0.4) is 0 Å². The number of nitrogens with zero attached hydrogens (tertiary/aromatic N) is 1. The Balaban J connectivity index is 1.71. The highest BCUT2D eigenvalue weighted by Crippen LogP contribution is 2.41. The van der Waals surface area contributed by atoms with Crippen LogP contribution in [0.15, 0.2) is 53.4 Å². The lowest BCUT2D eigenvalue weighted by atomic mass is 9.80. The first kappa shape index (κ1) is 28.4. The number of unbranched alkanes of at least 4 members (excludes halogenated alkanes) is 5. The molecule has 3 aromatic rings. The van der Waals surface area contributed by atoms with Crippen molar-refractivity contribution in [2.45, 2.75) is 103 Å². The minimum absolute atomic E-state index is 0.104. The maximum atomic E-state index is 14.0. The smallest absolute Gasteiger partial charge is 0.265 e. The monoisotopic (exact) mass is 529 g/mol. The number of carbonyl (C=O) groups is 2. The van der Waals surface area contributed by atoms with E-state index in [0.717, 1.165) is 32.5 Å². The van der Waals surface area contributed by atoms with Gasteiger partial charge in [-0.3, -0.25) is 9.59 Å². The molecule has 4 heteroatoms. The molecule has 0 spiro atoms. The van der Waals surface area contributed by atoms with Crippen molar-refractivity contribution in [1.82, 2.24) is 0 Å². The van der Waals surface area contributed by atoms with Gasteiger partial charge >= 0.3 is 0 Å². The van der Waals surface area contributed by atoms with Crippen LogP contribution in [0, 0.1) is 0 Å². The summed E-state index contributed by atoms with van der Waals surface area (Å²) in [5, 5.41) is 1.81. The minimum atomic E-state index is -0.234. The van der Waals surface area contributed by atoms with E-state index in [1.165, 1.54) is 43.4 Å². The first-order chi connectivity index (χ1) is 17.9. The van der Waals surface area contributed by atoms with Crippen molar-refractivity contribution in [2.75, 3.05) is 10.7 Å². The number of hydrogen-bond donors (Lipinski definition) is 0. The van der Waals surface area contributed by atoms with E-state index in [1.807, 2.05) is 36.0 Å². The first-order valence-electron chi connectivity index (χ1n) is 14.2. The summed E-state index contributed by atoms with van der Waals surface area (Å²) in [4.78, 5) is 30.7. The molecule has 1 aliphatic heterocycles. The van der Waals surface area contributed by atoms with Gasteiger partial charge in [-0.1, -0.05) is 105 Å². The topological polar surface area (TPSA) is 37.4 Å². The quantitative estimate of drug-likeness (QED) is 0.157. The fraction of sp³-hybridized carbons (Fsp3) is 0.471. The molecule has 0 fully saturated rings. The van der Waals surface area contributed by atoms with Crippen LogP contribution < -0.4 is 4.90 Å². The van der Waals surface area contributed by atoms with Crippen LogP contribution in [0.25, 0.3) is 10.8 Å². The molecule has 0 atom stereocenters. The van der Waals surface area contributed by atoms with Gasteiger partial charge in [-0.15, -0.1) is 11.8 Å². The summed E-state index contributed by atoms with van der Waals surface area (Å²) < 4.78 is 0. The van der Waals surface area contributed by atoms with Gasteiger partial charge in [0.15, 0.2) is 0 Å². The average molecular weight is 530 g/mol. The molecule has 0 bridgehead atoms. The number of thioether (sulfide) groups is 1. The van der Waals surface area contributed by atoms with Crippen LogP contribution in [0.4, 0.5) is 5.69 Å². The van der Waals surface area contributed by atoms with E-state index >= 15 is 0 Å². The standard InChI is InChI=1S/C34H43NO2S/c1-8-9-10-11-12-13-21-38-29-20-18-26-30-24(29)15-14-16-25(30)31(36)35(32(26)37)28-22-23(33(2,3)4)17-19-27(28)34(5,6)7/h14-20,22H,8-13,21H2,1-7H3. The highest BCUT2D eigenvalue weighted by atomic mass is 32.2. The Labute approximate surface area is 233 Å². The lowest BCUT2D eigenvalue weighted by Gasteiger charge is -2.34. The highest BCUT2D eigenvalue weighted by molar-refractivity contribution is 7.99. The van der Waals surface area contributed by atoms with Gasteiger partial charge in [0.25, 0.3) is 11.8 Å². The van der Waals surface area contributed by atoms with E-state index < -0.39 is 0 Å². The van der Waals surface area contributed by atoms with Crippen molar-refractivity contribution < 1.29 is 9.59 Å². The van der Waals surface area contributed by atoms with Crippen LogP contribution in [-0.2, 0) is 10.8 Å². The molecule has 3 aromatic carbocycles. The number of imide groups is 1. The van der Waals surface area contributed by atoms with E-state index in [9.17, 15) is 9.59 Å². The van der Waals surface area contributed by atoms with Crippen molar-refractivity contribution in [1.29, 1.82) is 0 Å². The van der Waals surface area contributed by atoms with E-state index in [4.69, 9.17) is 0 Å². The predicted molar refractivity (Wildman–Crippen MR) is 163 cm³/mol. The molecule has 0 N–H and O–H groups in total. The van der Waals surface area contributed by atoms with Crippen molar-refractivity contribution >= 4 is 40.0 Å². The Morgan fingerprint density at radius 3 is 2.05 bits per heavy atom. The lowest BCUT2D eigenvalue weighted by molar-refractivity contribution is 0.0893. The molecule has 202 valence electrons. The molecule has 1 heterocycles. The fourth-order valence-electron chi connectivity index (χ4n) is 5.30. The Kier molecular flexibility index (Phi) is 8.42. The molecule has 3 nitrogen and oxygen atoms in total. The maximum Gasteiger partial charge on any atom is 0.265 e. The van der Waals surface area contributed by atoms with E-state index in [2.05, 4.69) is 72.7 Å². The number of hydrogen-bond acceptors (Lipinski definition) is 3. The number of amides is 2. The molecule has 0 aliphatic carbocycles. The van der Waals surface area contributed by atoms with Gasteiger partial charge in [0.2, 0.25) is 0 Å².